The van der Waals surface area contributed by atoms with Crippen LogP contribution >= 0.6 is 0 Å². The molecular weight excluding hydrogens is 292 g/mol. The van der Waals surface area contributed by atoms with Crippen LogP contribution in [0.3, 0.4) is 0 Å². The predicted octanol–water partition coefficient (Wildman–Crippen LogP) is 1.68. The van der Waals surface area contributed by atoms with Gasteiger partial charge in [0.2, 0.25) is 0 Å². The number of hydrogen-bond acceptors (Lipinski definition) is 3. The highest BCUT2D eigenvalue weighted by molar-refractivity contribution is 7.86. The smallest absolute Gasteiger partial charge is 0.310 e. The van der Waals surface area contributed by atoms with Gasteiger partial charge in [0, 0.05) is 26.2 Å². The first-order chi connectivity index (χ1) is 9.77. The zero-order valence-electron chi connectivity index (χ0n) is 12.9. The van der Waals surface area contributed by atoms with Crippen LogP contribution in [0.1, 0.15) is 51.9 Å². The minimum atomic E-state index is -3.56. The second-order valence-corrected chi connectivity index (χ2v) is 8.61. The van der Waals surface area contributed by atoms with E-state index in [1.807, 2.05) is 0 Å². The molecule has 0 aromatic heterocycles. The standard InChI is InChI=1S/C14H26N2O4S/c1-14(13(17)18)9-6-10-16(11-14)21(19,20)15(2)12-7-4-3-5-8-12/h12H,3-11H2,1-2H3,(H,17,18). The highest BCUT2D eigenvalue weighted by Gasteiger charge is 2.43. The van der Waals surface area contributed by atoms with Crippen LogP contribution in [0.15, 0.2) is 0 Å². The van der Waals surface area contributed by atoms with Crippen LogP contribution < -0.4 is 0 Å². The molecule has 2 aliphatic rings. The van der Waals surface area contributed by atoms with Gasteiger partial charge in [0.25, 0.3) is 10.2 Å². The van der Waals surface area contributed by atoms with Gasteiger partial charge in [0.15, 0.2) is 0 Å². The fourth-order valence-corrected chi connectivity index (χ4v) is 5.14. The number of hydrogen-bond donors (Lipinski definition) is 1. The second-order valence-electron chi connectivity index (χ2n) is 6.62. The average Bonchev–Trinajstić information content (AvgIpc) is 2.47. The zero-order valence-corrected chi connectivity index (χ0v) is 13.7. The van der Waals surface area contributed by atoms with Crippen LogP contribution in [0.25, 0.3) is 0 Å². The van der Waals surface area contributed by atoms with E-state index >= 15 is 0 Å². The minimum absolute atomic E-state index is 0.0572. The summed E-state index contributed by atoms with van der Waals surface area (Å²) in [6, 6.07) is 0.0572. The first-order valence-electron chi connectivity index (χ1n) is 7.74. The molecule has 1 saturated carbocycles. The van der Waals surface area contributed by atoms with Gasteiger partial charge in [0.05, 0.1) is 5.41 Å². The van der Waals surface area contributed by atoms with Crippen LogP contribution in [0.4, 0.5) is 0 Å². The third-order valence-corrected chi connectivity index (χ3v) is 6.95. The third kappa shape index (κ3) is 3.40. The highest BCUT2D eigenvalue weighted by atomic mass is 32.2. The van der Waals surface area contributed by atoms with Gasteiger partial charge in [-0.05, 0) is 32.6 Å². The van der Waals surface area contributed by atoms with Gasteiger partial charge in [-0.2, -0.15) is 17.0 Å². The van der Waals surface area contributed by atoms with E-state index in [0.29, 0.717) is 19.4 Å². The van der Waals surface area contributed by atoms with Crippen LogP contribution in [0.2, 0.25) is 0 Å². The molecule has 1 saturated heterocycles. The molecule has 1 aliphatic carbocycles. The summed E-state index contributed by atoms with van der Waals surface area (Å²) in [5.41, 5.74) is -0.973. The molecular formula is C14H26N2O4S. The Kier molecular flexibility index (Phi) is 4.95. The van der Waals surface area contributed by atoms with Gasteiger partial charge >= 0.3 is 5.97 Å². The Morgan fingerprint density at radius 1 is 1.24 bits per heavy atom. The summed E-state index contributed by atoms with van der Waals surface area (Å²) >= 11 is 0. The monoisotopic (exact) mass is 318 g/mol. The number of carboxylic acid groups (broad SMARTS) is 1. The van der Waals surface area contributed by atoms with E-state index in [1.54, 1.807) is 14.0 Å². The molecule has 0 aromatic carbocycles. The van der Waals surface area contributed by atoms with E-state index < -0.39 is 21.6 Å². The normalized spacial score (nSPS) is 29.7. The molecule has 7 heteroatoms. The molecule has 0 bridgehead atoms. The summed E-state index contributed by atoms with van der Waals surface area (Å²) in [5.74, 6) is -0.914. The maximum atomic E-state index is 12.8. The quantitative estimate of drug-likeness (QED) is 0.855. The molecule has 122 valence electrons. The highest BCUT2D eigenvalue weighted by Crippen LogP contribution is 2.33. The van der Waals surface area contributed by atoms with Crippen molar-refractivity contribution in [3.63, 3.8) is 0 Å². The summed E-state index contributed by atoms with van der Waals surface area (Å²) < 4.78 is 28.3. The minimum Gasteiger partial charge on any atom is -0.481 e. The van der Waals surface area contributed by atoms with Crippen molar-refractivity contribution in [2.45, 2.75) is 57.9 Å². The third-order valence-electron chi connectivity index (χ3n) is 4.96. The van der Waals surface area contributed by atoms with Gasteiger partial charge in [-0.15, -0.1) is 0 Å². The van der Waals surface area contributed by atoms with Crippen molar-refractivity contribution >= 4 is 16.2 Å². The number of rotatable bonds is 4. The number of carbonyl (C=O) groups is 1. The topological polar surface area (TPSA) is 77.9 Å². The Morgan fingerprint density at radius 3 is 2.43 bits per heavy atom. The lowest BCUT2D eigenvalue weighted by Gasteiger charge is -2.40. The van der Waals surface area contributed by atoms with E-state index in [-0.39, 0.29) is 12.6 Å². The molecule has 1 heterocycles. The number of carboxylic acids is 1. The zero-order chi connectivity index (χ0) is 15.7. The number of aliphatic carboxylic acids is 1. The molecule has 0 spiro atoms. The van der Waals surface area contributed by atoms with Crippen molar-refractivity contribution in [3.05, 3.63) is 0 Å². The first-order valence-corrected chi connectivity index (χ1v) is 9.13. The summed E-state index contributed by atoms with van der Waals surface area (Å²) in [6.07, 6.45) is 6.24. The van der Waals surface area contributed by atoms with Crippen LogP contribution in [-0.2, 0) is 15.0 Å². The molecule has 21 heavy (non-hydrogen) atoms. The van der Waals surface area contributed by atoms with Crippen LogP contribution in [-0.4, -0.2) is 54.3 Å². The van der Waals surface area contributed by atoms with Crippen molar-refractivity contribution in [1.29, 1.82) is 0 Å². The Bertz CT molecular complexity index is 487. The van der Waals surface area contributed by atoms with Crippen LogP contribution in [0.5, 0.6) is 0 Å². The van der Waals surface area contributed by atoms with Crippen molar-refractivity contribution in [2.75, 3.05) is 20.1 Å². The molecule has 2 fully saturated rings. The first kappa shape index (κ1) is 16.7. The summed E-state index contributed by atoms with van der Waals surface area (Å²) in [5, 5.41) is 9.33. The molecule has 1 N–H and O–H groups in total. The Balaban J connectivity index is 2.12. The van der Waals surface area contributed by atoms with Gasteiger partial charge < -0.3 is 5.11 Å². The molecule has 0 radical (unpaired) electrons. The summed E-state index contributed by atoms with van der Waals surface area (Å²) in [4.78, 5) is 11.4. The van der Waals surface area contributed by atoms with E-state index in [0.717, 1.165) is 25.7 Å². The molecule has 0 amide bonds. The summed E-state index contributed by atoms with van der Waals surface area (Å²) in [7, 11) is -1.93. The largest absolute Gasteiger partial charge is 0.481 e. The fraction of sp³-hybridized carbons (Fsp3) is 0.929. The van der Waals surface area contributed by atoms with E-state index in [4.69, 9.17) is 0 Å². The fourth-order valence-electron chi connectivity index (χ4n) is 3.38. The average molecular weight is 318 g/mol. The SMILES string of the molecule is CN(C1CCCCC1)S(=O)(=O)N1CCCC(C)(C(=O)O)C1. The number of nitrogens with zero attached hydrogens (tertiary/aromatic N) is 2. The molecule has 2 rings (SSSR count). The molecule has 6 nitrogen and oxygen atoms in total. The second kappa shape index (κ2) is 6.22. The molecule has 0 aromatic rings. The van der Waals surface area contributed by atoms with Crippen molar-refractivity contribution in [3.8, 4) is 0 Å². The Labute approximate surface area is 127 Å². The lowest BCUT2D eigenvalue weighted by Crippen LogP contribution is -2.54. The van der Waals surface area contributed by atoms with Gasteiger partial charge in [0.1, 0.15) is 0 Å². The van der Waals surface area contributed by atoms with Gasteiger partial charge in [-0.25, -0.2) is 0 Å². The lowest BCUT2D eigenvalue weighted by atomic mass is 9.83. The molecule has 1 atom stereocenters. The summed E-state index contributed by atoms with van der Waals surface area (Å²) in [6.45, 7) is 2.13. The van der Waals surface area contributed by atoms with E-state index in [9.17, 15) is 18.3 Å². The van der Waals surface area contributed by atoms with Crippen LogP contribution in [0, 0.1) is 5.41 Å². The van der Waals surface area contributed by atoms with Crippen molar-refractivity contribution in [1.82, 2.24) is 8.61 Å². The van der Waals surface area contributed by atoms with Gasteiger partial charge in [-0.1, -0.05) is 19.3 Å². The number of piperidine rings is 1. The van der Waals surface area contributed by atoms with Crippen molar-refractivity contribution < 1.29 is 18.3 Å². The molecule has 1 unspecified atom stereocenters. The Morgan fingerprint density at radius 2 is 1.86 bits per heavy atom. The van der Waals surface area contributed by atoms with E-state index in [2.05, 4.69) is 0 Å². The van der Waals surface area contributed by atoms with Crippen molar-refractivity contribution in [2.24, 2.45) is 5.41 Å². The predicted molar refractivity (Wildman–Crippen MR) is 80.1 cm³/mol. The van der Waals surface area contributed by atoms with E-state index in [1.165, 1.54) is 15.0 Å². The lowest BCUT2D eigenvalue weighted by molar-refractivity contribution is -0.150. The molecule has 1 aliphatic heterocycles. The maximum Gasteiger partial charge on any atom is 0.310 e. The Hall–Kier alpha value is -0.660. The maximum absolute atomic E-state index is 12.8. The van der Waals surface area contributed by atoms with Gasteiger partial charge in [-0.3, -0.25) is 4.79 Å².